The Hall–Kier alpha value is -2.48. The van der Waals surface area contributed by atoms with Gasteiger partial charge in [0.2, 0.25) is 5.88 Å². The van der Waals surface area contributed by atoms with E-state index >= 15 is 0 Å². The fourth-order valence-electron chi connectivity index (χ4n) is 3.04. The van der Waals surface area contributed by atoms with Crippen LogP contribution in [-0.2, 0) is 11.8 Å². The van der Waals surface area contributed by atoms with Crippen molar-refractivity contribution < 1.29 is 14.3 Å². The van der Waals surface area contributed by atoms with Gasteiger partial charge in [0.05, 0.1) is 25.7 Å². The first-order valence-corrected chi connectivity index (χ1v) is 8.34. The Kier molecular flexibility index (Phi) is 5.28. The van der Waals surface area contributed by atoms with Crippen LogP contribution in [0.2, 0.25) is 0 Å². The van der Waals surface area contributed by atoms with Crippen LogP contribution in [-0.4, -0.2) is 51.8 Å². The van der Waals surface area contributed by atoms with E-state index in [1.54, 1.807) is 30.3 Å². The van der Waals surface area contributed by atoms with E-state index in [1.807, 2.05) is 7.05 Å². The van der Waals surface area contributed by atoms with Gasteiger partial charge in [0, 0.05) is 26.3 Å². The summed E-state index contributed by atoms with van der Waals surface area (Å²) in [6, 6.07) is 1.69. The molecule has 0 radical (unpaired) electrons. The zero-order chi connectivity index (χ0) is 17.8. The van der Waals surface area contributed by atoms with E-state index in [0.29, 0.717) is 23.5 Å². The number of nitrogens with zero attached hydrogens (tertiary/aromatic N) is 4. The van der Waals surface area contributed by atoms with Crippen LogP contribution >= 0.6 is 0 Å². The molecule has 25 heavy (non-hydrogen) atoms. The van der Waals surface area contributed by atoms with Crippen LogP contribution in [0.25, 0.3) is 11.5 Å². The van der Waals surface area contributed by atoms with Crippen LogP contribution in [0, 0.1) is 0 Å². The van der Waals surface area contributed by atoms with Gasteiger partial charge in [-0.15, -0.1) is 0 Å². The molecule has 0 aliphatic heterocycles. The van der Waals surface area contributed by atoms with Crippen LogP contribution in [0.1, 0.15) is 36.2 Å². The van der Waals surface area contributed by atoms with Crippen LogP contribution in [0.5, 0.6) is 5.88 Å². The van der Waals surface area contributed by atoms with Gasteiger partial charge in [0.25, 0.3) is 5.91 Å². The quantitative estimate of drug-likeness (QED) is 0.884. The molecule has 0 unspecified atom stereocenters. The molecule has 1 saturated carbocycles. The Morgan fingerprint density at radius 3 is 2.60 bits per heavy atom. The Balaban J connectivity index is 1.77. The summed E-state index contributed by atoms with van der Waals surface area (Å²) in [4.78, 5) is 25.4. The van der Waals surface area contributed by atoms with Gasteiger partial charge in [-0.05, 0) is 25.7 Å². The first kappa shape index (κ1) is 17.3. The highest BCUT2D eigenvalue weighted by atomic mass is 16.5. The van der Waals surface area contributed by atoms with Gasteiger partial charge in [-0.2, -0.15) is 4.98 Å². The van der Waals surface area contributed by atoms with Crippen LogP contribution in [0.15, 0.2) is 18.6 Å². The van der Waals surface area contributed by atoms with Gasteiger partial charge in [-0.25, -0.2) is 9.97 Å². The lowest BCUT2D eigenvalue weighted by atomic mass is 9.93. The normalized spacial score (nSPS) is 20.3. The molecule has 0 aromatic carbocycles. The Morgan fingerprint density at radius 2 is 2.00 bits per heavy atom. The van der Waals surface area contributed by atoms with E-state index in [9.17, 15) is 4.79 Å². The minimum atomic E-state index is -0.218. The summed E-state index contributed by atoms with van der Waals surface area (Å²) in [5, 5.41) is 3.06. The fourth-order valence-corrected chi connectivity index (χ4v) is 3.04. The standard InChI is InChI=1S/C17H23N5O3/c1-22-10-18-9-14(22)16-20-13(8-15(21-16)25-3)17(23)19-11-4-6-12(24-2)7-5-11/h8-12H,4-7H2,1-3H3,(H,19,23). The average molecular weight is 345 g/mol. The van der Waals surface area contributed by atoms with Crippen molar-refractivity contribution in [2.75, 3.05) is 14.2 Å². The summed E-state index contributed by atoms with van der Waals surface area (Å²) < 4.78 is 12.4. The number of carbonyl (C=O) groups is 1. The topological polar surface area (TPSA) is 91.2 Å². The first-order chi connectivity index (χ1) is 12.1. The zero-order valence-corrected chi connectivity index (χ0v) is 14.7. The highest BCUT2D eigenvalue weighted by molar-refractivity contribution is 5.93. The van der Waals surface area contributed by atoms with Gasteiger partial charge >= 0.3 is 0 Å². The van der Waals surface area contributed by atoms with Crippen molar-refractivity contribution in [1.82, 2.24) is 24.8 Å². The number of aromatic nitrogens is 4. The zero-order valence-electron chi connectivity index (χ0n) is 14.7. The van der Waals surface area contributed by atoms with Gasteiger partial charge < -0.3 is 19.4 Å². The summed E-state index contributed by atoms with van der Waals surface area (Å²) in [5.41, 5.74) is 1.01. The number of hydrogen-bond acceptors (Lipinski definition) is 6. The Morgan fingerprint density at radius 1 is 1.24 bits per heavy atom. The van der Waals surface area contributed by atoms with E-state index in [1.165, 1.54) is 7.11 Å². The number of ether oxygens (including phenoxy) is 2. The SMILES string of the molecule is COc1cc(C(=O)NC2CCC(OC)CC2)nc(-c2cncn2C)n1. The molecule has 2 heterocycles. The van der Waals surface area contributed by atoms with Crippen molar-refractivity contribution in [3.63, 3.8) is 0 Å². The number of carbonyl (C=O) groups excluding carboxylic acids is 1. The predicted molar refractivity (Wildman–Crippen MR) is 91.3 cm³/mol. The maximum absolute atomic E-state index is 12.6. The molecule has 1 aliphatic rings. The molecular weight excluding hydrogens is 322 g/mol. The molecule has 1 amide bonds. The molecule has 8 nitrogen and oxygen atoms in total. The Bertz CT molecular complexity index is 738. The molecule has 0 bridgehead atoms. The number of imidazole rings is 1. The summed E-state index contributed by atoms with van der Waals surface area (Å²) in [6.07, 6.45) is 7.32. The summed E-state index contributed by atoms with van der Waals surface area (Å²) in [6.45, 7) is 0. The van der Waals surface area contributed by atoms with Gasteiger partial charge in [-0.1, -0.05) is 0 Å². The van der Waals surface area contributed by atoms with Crippen molar-refractivity contribution in [3.05, 3.63) is 24.3 Å². The largest absolute Gasteiger partial charge is 0.481 e. The second kappa shape index (κ2) is 7.60. The summed E-state index contributed by atoms with van der Waals surface area (Å²) in [7, 11) is 5.10. The van der Waals surface area contributed by atoms with Crippen LogP contribution in [0.4, 0.5) is 0 Å². The van der Waals surface area contributed by atoms with E-state index in [0.717, 1.165) is 25.7 Å². The van der Waals surface area contributed by atoms with Crippen LogP contribution < -0.4 is 10.1 Å². The third-order valence-electron chi connectivity index (χ3n) is 4.53. The second-order valence-electron chi connectivity index (χ2n) is 6.19. The third kappa shape index (κ3) is 3.96. The molecule has 0 saturated heterocycles. The molecular formula is C17H23N5O3. The summed E-state index contributed by atoms with van der Waals surface area (Å²) in [5.74, 6) is 0.539. The lowest BCUT2D eigenvalue weighted by Gasteiger charge is -2.28. The third-order valence-corrected chi connectivity index (χ3v) is 4.53. The number of rotatable bonds is 5. The average Bonchev–Trinajstić information content (AvgIpc) is 3.08. The number of hydrogen-bond donors (Lipinski definition) is 1. The van der Waals surface area contributed by atoms with Crippen molar-refractivity contribution >= 4 is 5.91 Å². The molecule has 134 valence electrons. The van der Waals surface area contributed by atoms with E-state index in [-0.39, 0.29) is 17.6 Å². The van der Waals surface area contributed by atoms with E-state index in [2.05, 4.69) is 20.3 Å². The lowest BCUT2D eigenvalue weighted by molar-refractivity contribution is 0.0598. The minimum absolute atomic E-state index is 0.139. The summed E-state index contributed by atoms with van der Waals surface area (Å²) >= 11 is 0. The molecule has 2 aromatic rings. The van der Waals surface area contributed by atoms with Gasteiger partial charge in [0.15, 0.2) is 5.82 Å². The van der Waals surface area contributed by atoms with Crippen LogP contribution in [0.3, 0.4) is 0 Å². The molecule has 0 spiro atoms. The molecule has 1 aliphatic carbocycles. The smallest absolute Gasteiger partial charge is 0.270 e. The first-order valence-electron chi connectivity index (χ1n) is 8.34. The second-order valence-corrected chi connectivity index (χ2v) is 6.19. The maximum atomic E-state index is 12.6. The fraction of sp³-hybridized carbons (Fsp3) is 0.529. The maximum Gasteiger partial charge on any atom is 0.270 e. The number of aryl methyl sites for hydroxylation is 1. The molecule has 0 atom stereocenters. The van der Waals surface area contributed by atoms with E-state index < -0.39 is 0 Å². The number of nitrogens with one attached hydrogen (secondary N) is 1. The Labute approximate surface area is 146 Å². The van der Waals surface area contributed by atoms with Crippen molar-refractivity contribution in [2.45, 2.75) is 37.8 Å². The van der Waals surface area contributed by atoms with Crippen molar-refractivity contribution in [2.24, 2.45) is 7.05 Å². The van der Waals surface area contributed by atoms with Gasteiger partial charge in [0.1, 0.15) is 11.4 Å². The highest BCUT2D eigenvalue weighted by Gasteiger charge is 2.23. The van der Waals surface area contributed by atoms with Gasteiger partial charge in [-0.3, -0.25) is 4.79 Å². The molecule has 3 rings (SSSR count). The molecule has 1 N–H and O–H groups in total. The number of methoxy groups -OCH3 is 2. The molecule has 8 heteroatoms. The molecule has 2 aromatic heterocycles. The highest BCUT2D eigenvalue weighted by Crippen LogP contribution is 2.22. The predicted octanol–water partition coefficient (Wildman–Crippen LogP) is 1.57. The lowest BCUT2D eigenvalue weighted by Crippen LogP contribution is -2.39. The van der Waals surface area contributed by atoms with Crippen molar-refractivity contribution in [3.8, 4) is 17.4 Å². The minimum Gasteiger partial charge on any atom is -0.481 e. The monoisotopic (exact) mass is 345 g/mol. The molecule has 1 fully saturated rings. The number of amides is 1. The van der Waals surface area contributed by atoms with E-state index in [4.69, 9.17) is 9.47 Å². The van der Waals surface area contributed by atoms with Crippen molar-refractivity contribution in [1.29, 1.82) is 0 Å².